The van der Waals surface area contributed by atoms with Crippen molar-refractivity contribution in [3.8, 4) is 6.07 Å². The molecular formula is C23H17Cl4N3O. The van der Waals surface area contributed by atoms with E-state index in [-0.39, 0.29) is 5.88 Å². The Balaban J connectivity index is 1.93. The van der Waals surface area contributed by atoms with Gasteiger partial charge >= 0.3 is 0 Å². The first-order valence-electron chi connectivity index (χ1n) is 9.39. The number of likely N-dealkylation sites (N-methyl/N-ethyl adjacent to an activating group) is 1. The highest BCUT2D eigenvalue weighted by Crippen LogP contribution is 2.46. The normalized spacial score (nSPS) is 20.5. The van der Waals surface area contributed by atoms with E-state index in [0.717, 1.165) is 16.7 Å². The predicted octanol–water partition coefficient (Wildman–Crippen LogP) is 6.39. The number of nitrogens with two attached hydrogens (primary N) is 1. The van der Waals surface area contributed by atoms with Gasteiger partial charge in [-0.15, -0.1) is 0 Å². The van der Waals surface area contributed by atoms with E-state index in [1.54, 1.807) is 18.2 Å². The minimum Gasteiger partial charge on any atom is -0.440 e. The number of allylic oxidation sites excluding steroid dienone is 1. The molecule has 4 rings (SSSR count). The lowest BCUT2D eigenvalue weighted by Gasteiger charge is -2.37. The van der Waals surface area contributed by atoms with Gasteiger partial charge in [0.05, 0.1) is 26.0 Å². The van der Waals surface area contributed by atoms with Crippen molar-refractivity contribution < 1.29 is 4.74 Å². The summed E-state index contributed by atoms with van der Waals surface area (Å²) in [6.45, 7) is 1.18. The fourth-order valence-corrected chi connectivity index (χ4v) is 4.74. The van der Waals surface area contributed by atoms with Crippen LogP contribution in [0.25, 0.3) is 6.08 Å². The molecule has 2 heterocycles. The second kappa shape index (κ2) is 8.78. The maximum Gasteiger partial charge on any atom is 0.205 e. The van der Waals surface area contributed by atoms with Gasteiger partial charge in [0.2, 0.25) is 5.88 Å². The summed E-state index contributed by atoms with van der Waals surface area (Å²) in [5, 5.41) is 11.6. The van der Waals surface area contributed by atoms with Crippen LogP contribution in [0.3, 0.4) is 0 Å². The molecule has 0 spiro atoms. The SMILES string of the molecule is CN1CC2=C(OC(N)=C(C#N)C2c2cccc(Cl)c2Cl)/C(=C/c2cccc(Cl)c2Cl)C1. The number of halogens is 4. The fraction of sp³-hybridized carbons (Fsp3) is 0.174. The van der Waals surface area contributed by atoms with Crippen molar-refractivity contribution in [1.29, 1.82) is 5.26 Å². The van der Waals surface area contributed by atoms with Gasteiger partial charge in [0.25, 0.3) is 0 Å². The summed E-state index contributed by atoms with van der Waals surface area (Å²) in [6.07, 6.45) is 1.93. The van der Waals surface area contributed by atoms with Crippen LogP contribution in [-0.2, 0) is 4.74 Å². The van der Waals surface area contributed by atoms with E-state index >= 15 is 0 Å². The Morgan fingerprint density at radius 1 is 1.06 bits per heavy atom. The molecule has 0 saturated heterocycles. The first kappa shape index (κ1) is 22.1. The van der Waals surface area contributed by atoms with Crippen LogP contribution in [0.5, 0.6) is 0 Å². The number of hydrogen-bond donors (Lipinski definition) is 1. The third kappa shape index (κ3) is 4.05. The third-order valence-corrected chi connectivity index (χ3v) is 6.97. The van der Waals surface area contributed by atoms with Gasteiger partial charge < -0.3 is 10.5 Å². The molecule has 0 radical (unpaired) electrons. The molecule has 0 saturated carbocycles. The molecule has 0 bridgehead atoms. The standard InChI is InChI=1S/C23H17Cl4N3O/c1-30-10-13(8-12-4-2-6-17(24)20(12)26)22-16(11-30)19(15(9-28)23(29)31-22)14-5-3-7-18(25)21(14)27/h2-8,19H,10-11,29H2,1H3/b13-8+. The summed E-state index contributed by atoms with van der Waals surface area (Å²) in [5.74, 6) is 0.197. The van der Waals surface area contributed by atoms with Gasteiger partial charge in [-0.25, -0.2) is 0 Å². The van der Waals surface area contributed by atoms with E-state index in [0.29, 0.717) is 50.1 Å². The Labute approximate surface area is 200 Å². The van der Waals surface area contributed by atoms with E-state index in [9.17, 15) is 5.26 Å². The molecule has 0 aliphatic carbocycles. The minimum absolute atomic E-state index is 0.0509. The van der Waals surface area contributed by atoms with Gasteiger partial charge in [-0.05, 0) is 42.0 Å². The van der Waals surface area contributed by atoms with Crippen molar-refractivity contribution >= 4 is 52.5 Å². The lowest BCUT2D eigenvalue weighted by Crippen LogP contribution is -2.36. The van der Waals surface area contributed by atoms with Crippen molar-refractivity contribution in [2.75, 3.05) is 20.1 Å². The molecule has 2 aromatic rings. The van der Waals surface area contributed by atoms with Crippen LogP contribution in [0, 0.1) is 11.3 Å². The number of nitrogens with zero attached hydrogens (tertiary/aromatic N) is 2. The zero-order chi connectivity index (χ0) is 22.3. The largest absolute Gasteiger partial charge is 0.440 e. The van der Waals surface area contributed by atoms with Crippen LogP contribution in [0.15, 0.2) is 64.8 Å². The first-order valence-corrected chi connectivity index (χ1v) is 10.9. The quantitative estimate of drug-likeness (QED) is 0.527. The molecule has 0 amide bonds. The summed E-state index contributed by atoms with van der Waals surface area (Å²) in [5.41, 5.74) is 9.72. The highest BCUT2D eigenvalue weighted by molar-refractivity contribution is 6.43. The summed E-state index contributed by atoms with van der Waals surface area (Å²) >= 11 is 25.4. The van der Waals surface area contributed by atoms with E-state index in [4.69, 9.17) is 56.9 Å². The zero-order valence-corrected chi connectivity index (χ0v) is 19.4. The molecule has 1 unspecified atom stereocenters. The van der Waals surface area contributed by atoms with Crippen molar-refractivity contribution in [1.82, 2.24) is 4.90 Å². The van der Waals surface area contributed by atoms with Crippen LogP contribution in [0.1, 0.15) is 17.0 Å². The fourth-order valence-electron chi connectivity index (χ4n) is 3.96. The molecule has 2 aliphatic heterocycles. The smallest absolute Gasteiger partial charge is 0.205 e. The maximum absolute atomic E-state index is 9.85. The predicted molar refractivity (Wildman–Crippen MR) is 126 cm³/mol. The van der Waals surface area contributed by atoms with Crippen molar-refractivity contribution in [3.63, 3.8) is 0 Å². The van der Waals surface area contributed by atoms with Crippen LogP contribution in [0.2, 0.25) is 20.1 Å². The molecule has 158 valence electrons. The summed E-state index contributed by atoms with van der Waals surface area (Å²) < 4.78 is 5.99. The highest BCUT2D eigenvalue weighted by Gasteiger charge is 2.38. The second-order valence-corrected chi connectivity index (χ2v) is 8.98. The minimum atomic E-state index is -0.471. The number of rotatable bonds is 2. The lowest BCUT2D eigenvalue weighted by molar-refractivity contribution is 0.251. The van der Waals surface area contributed by atoms with Gasteiger partial charge in [0.15, 0.2) is 0 Å². The van der Waals surface area contributed by atoms with Gasteiger partial charge in [-0.1, -0.05) is 70.7 Å². The van der Waals surface area contributed by atoms with Crippen molar-refractivity contribution in [2.24, 2.45) is 5.73 Å². The Morgan fingerprint density at radius 2 is 1.74 bits per heavy atom. The molecule has 2 N–H and O–H groups in total. The molecule has 4 nitrogen and oxygen atoms in total. The molecule has 31 heavy (non-hydrogen) atoms. The third-order valence-electron chi connectivity index (χ3n) is 5.30. The molecule has 0 fully saturated rings. The van der Waals surface area contributed by atoms with Gasteiger partial charge in [0, 0.05) is 18.7 Å². The van der Waals surface area contributed by atoms with Crippen molar-refractivity contribution in [3.05, 3.63) is 96.0 Å². The van der Waals surface area contributed by atoms with Gasteiger partial charge in [0.1, 0.15) is 17.4 Å². The van der Waals surface area contributed by atoms with Crippen LogP contribution in [0.4, 0.5) is 0 Å². The Bertz CT molecular complexity index is 1210. The molecule has 1 atom stereocenters. The van der Waals surface area contributed by atoms with E-state index < -0.39 is 5.92 Å². The molecule has 0 aromatic heterocycles. The van der Waals surface area contributed by atoms with E-state index in [1.165, 1.54) is 0 Å². The molecule has 8 heteroatoms. The number of hydrogen-bond acceptors (Lipinski definition) is 4. The Morgan fingerprint density at radius 3 is 2.45 bits per heavy atom. The zero-order valence-electron chi connectivity index (χ0n) is 16.4. The van der Waals surface area contributed by atoms with Crippen molar-refractivity contribution in [2.45, 2.75) is 5.92 Å². The summed E-state index contributed by atoms with van der Waals surface area (Å²) in [4.78, 5) is 2.12. The van der Waals surface area contributed by atoms with E-state index in [2.05, 4.69) is 11.0 Å². The van der Waals surface area contributed by atoms with Crippen LogP contribution >= 0.6 is 46.4 Å². The topological polar surface area (TPSA) is 62.3 Å². The second-order valence-electron chi connectivity index (χ2n) is 7.41. The summed E-state index contributed by atoms with van der Waals surface area (Å²) in [6, 6.07) is 13.0. The molecule has 2 aliphatic rings. The van der Waals surface area contributed by atoms with Gasteiger partial charge in [-0.2, -0.15) is 5.26 Å². The Hall–Kier alpha value is -2.13. The first-order chi connectivity index (χ1) is 14.8. The lowest BCUT2D eigenvalue weighted by atomic mass is 9.80. The Kier molecular flexibility index (Phi) is 6.25. The van der Waals surface area contributed by atoms with E-state index in [1.807, 2.05) is 31.3 Å². The summed E-state index contributed by atoms with van der Waals surface area (Å²) in [7, 11) is 1.99. The van der Waals surface area contributed by atoms with Crippen LogP contribution in [-0.4, -0.2) is 25.0 Å². The number of nitriles is 1. The maximum atomic E-state index is 9.85. The molecule has 2 aromatic carbocycles. The van der Waals surface area contributed by atoms with Crippen LogP contribution < -0.4 is 5.73 Å². The average molecular weight is 493 g/mol. The number of ether oxygens (including phenoxy) is 1. The van der Waals surface area contributed by atoms with Gasteiger partial charge in [-0.3, -0.25) is 4.90 Å². The average Bonchev–Trinajstić information content (AvgIpc) is 2.73. The molecular weight excluding hydrogens is 476 g/mol. The highest BCUT2D eigenvalue weighted by atomic mass is 35.5. The monoisotopic (exact) mass is 491 g/mol. The number of benzene rings is 2.